The highest BCUT2D eigenvalue weighted by Crippen LogP contribution is 2.24. The van der Waals surface area contributed by atoms with Gasteiger partial charge in [-0.05, 0) is 39.0 Å². The normalized spacial score (nSPS) is 11.2. The first-order valence-electron chi connectivity index (χ1n) is 8.42. The number of ether oxygens (including phenoxy) is 2. The minimum absolute atomic E-state index is 0.0827. The Balaban J connectivity index is 1.84. The summed E-state index contributed by atoms with van der Waals surface area (Å²) in [7, 11) is 0. The first-order chi connectivity index (χ1) is 12.0. The van der Waals surface area contributed by atoms with E-state index in [4.69, 9.17) is 13.9 Å². The maximum absolute atomic E-state index is 12.5. The molecule has 0 fully saturated rings. The lowest BCUT2D eigenvalue weighted by Gasteiger charge is -2.10. The van der Waals surface area contributed by atoms with Crippen molar-refractivity contribution in [1.29, 1.82) is 0 Å². The van der Waals surface area contributed by atoms with Crippen molar-refractivity contribution in [3.8, 4) is 17.1 Å². The number of hydrogen-bond donors (Lipinski definition) is 0. The van der Waals surface area contributed by atoms with Crippen LogP contribution in [0, 0.1) is 6.92 Å². The zero-order valence-electron chi connectivity index (χ0n) is 14.7. The Labute approximate surface area is 147 Å². The topological polar surface area (TPSA) is 48.7 Å². The van der Waals surface area contributed by atoms with Crippen LogP contribution in [-0.2, 0) is 4.74 Å². The number of benzene rings is 2. The molecule has 0 amide bonds. The fraction of sp³-hybridized carbons (Fsp3) is 0.286. The fourth-order valence-electron chi connectivity index (χ4n) is 2.53. The Morgan fingerprint density at radius 3 is 2.48 bits per heavy atom. The summed E-state index contributed by atoms with van der Waals surface area (Å²) in [6, 6.07) is 14.7. The molecule has 130 valence electrons. The van der Waals surface area contributed by atoms with Gasteiger partial charge in [-0.15, -0.1) is 0 Å². The van der Waals surface area contributed by atoms with Gasteiger partial charge in [-0.25, -0.2) is 0 Å². The van der Waals surface area contributed by atoms with Crippen molar-refractivity contribution in [3.63, 3.8) is 0 Å². The second-order valence-electron chi connectivity index (χ2n) is 6.27. The van der Waals surface area contributed by atoms with Crippen LogP contribution in [0.2, 0.25) is 0 Å². The Bertz CT molecular complexity index is 907. The summed E-state index contributed by atoms with van der Waals surface area (Å²) in [6.07, 6.45) is 0.174. The average Bonchev–Trinajstić information content (AvgIpc) is 2.59. The first-order valence-corrected chi connectivity index (χ1v) is 8.42. The van der Waals surface area contributed by atoms with E-state index in [2.05, 4.69) is 0 Å². The highest BCUT2D eigenvalue weighted by Gasteiger charge is 2.08. The summed E-state index contributed by atoms with van der Waals surface area (Å²) in [6.45, 7) is 6.93. The summed E-state index contributed by atoms with van der Waals surface area (Å²) in [5.74, 6) is 1.20. The molecule has 4 nitrogen and oxygen atoms in total. The Hall–Kier alpha value is -2.59. The van der Waals surface area contributed by atoms with Gasteiger partial charge in [0.15, 0.2) is 5.43 Å². The van der Waals surface area contributed by atoms with E-state index in [9.17, 15) is 4.79 Å². The van der Waals surface area contributed by atoms with Gasteiger partial charge >= 0.3 is 0 Å². The molecule has 0 N–H and O–H groups in total. The molecule has 0 radical (unpaired) electrons. The lowest BCUT2D eigenvalue weighted by atomic mass is 10.1. The summed E-state index contributed by atoms with van der Waals surface area (Å²) >= 11 is 0. The molecule has 0 aliphatic heterocycles. The fourth-order valence-corrected chi connectivity index (χ4v) is 2.53. The van der Waals surface area contributed by atoms with Gasteiger partial charge in [0.25, 0.3) is 0 Å². The van der Waals surface area contributed by atoms with Crippen LogP contribution in [-0.4, -0.2) is 19.3 Å². The molecule has 0 saturated carbocycles. The zero-order valence-corrected chi connectivity index (χ0v) is 14.7. The second-order valence-corrected chi connectivity index (χ2v) is 6.27. The van der Waals surface area contributed by atoms with Crippen LogP contribution >= 0.6 is 0 Å². The molecule has 0 atom stereocenters. The standard InChI is InChI=1S/C21H22O4/c1-14(2)23-10-11-24-17-8-9-20-18(12-17)19(22)13-21(25-20)16-6-4-15(3)5-7-16/h4-9,12-14H,10-11H2,1-3H3. The lowest BCUT2D eigenvalue weighted by molar-refractivity contribution is 0.0553. The molecule has 4 heteroatoms. The Kier molecular flexibility index (Phi) is 5.19. The number of rotatable bonds is 6. The molecule has 0 aliphatic rings. The van der Waals surface area contributed by atoms with E-state index >= 15 is 0 Å². The minimum atomic E-state index is -0.0827. The summed E-state index contributed by atoms with van der Waals surface area (Å²) in [5.41, 5.74) is 2.51. The van der Waals surface area contributed by atoms with Crippen molar-refractivity contribution in [3.05, 3.63) is 64.3 Å². The summed E-state index contributed by atoms with van der Waals surface area (Å²) in [4.78, 5) is 12.5. The summed E-state index contributed by atoms with van der Waals surface area (Å²) in [5, 5.41) is 0.512. The molecule has 0 saturated heterocycles. The van der Waals surface area contributed by atoms with Crippen LogP contribution in [0.1, 0.15) is 19.4 Å². The minimum Gasteiger partial charge on any atom is -0.491 e. The van der Waals surface area contributed by atoms with E-state index in [1.807, 2.05) is 45.0 Å². The quantitative estimate of drug-likeness (QED) is 0.618. The molecule has 0 unspecified atom stereocenters. The molecule has 0 spiro atoms. The number of fused-ring (bicyclic) bond motifs is 1. The molecule has 3 rings (SSSR count). The highest BCUT2D eigenvalue weighted by atomic mass is 16.5. The maximum atomic E-state index is 12.5. The second kappa shape index (κ2) is 7.53. The third-order valence-electron chi connectivity index (χ3n) is 3.84. The van der Waals surface area contributed by atoms with Gasteiger partial charge < -0.3 is 13.9 Å². The van der Waals surface area contributed by atoms with Crippen molar-refractivity contribution >= 4 is 11.0 Å². The van der Waals surface area contributed by atoms with E-state index in [1.54, 1.807) is 18.2 Å². The van der Waals surface area contributed by atoms with Crippen LogP contribution < -0.4 is 10.2 Å². The van der Waals surface area contributed by atoms with Crippen LogP contribution in [0.4, 0.5) is 0 Å². The molecule has 25 heavy (non-hydrogen) atoms. The molecule has 0 bridgehead atoms. The first kappa shape index (κ1) is 17.2. The van der Waals surface area contributed by atoms with Crippen LogP contribution in [0.25, 0.3) is 22.3 Å². The Morgan fingerprint density at radius 2 is 1.76 bits per heavy atom. The van der Waals surface area contributed by atoms with Crippen molar-refractivity contribution < 1.29 is 13.9 Å². The monoisotopic (exact) mass is 338 g/mol. The van der Waals surface area contributed by atoms with Crippen molar-refractivity contribution in [2.75, 3.05) is 13.2 Å². The van der Waals surface area contributed by atoms with Crippen LogP contribution in [0.5, 0.6) is 5.75 Å². The third-order valence-corrected chi connectivity index (χ3v) is 3.84. The molecule has 2 aromatic carbocycles. The Morgan fingerprint density at radius 1 is 1.00 bits per heavy atom. The van der Waals surface area contributed by atoms with Gasteiger partial charge in [-0.3, -0.25) is 4.79 Å². The van der Waals surface area contributed by atoms with E-state index in [0.717, 1.165) is 11.1 Å². The number of hydrogen-bond acceptors (Lipinski definition) is 4. The van der Waals surface area contributed by atoms with Gasteiger partial charge in [0.2, 0.25) is 0 Å². The average molecular weight is 338 g/mol. The van der Waals surface area contributed by atoms with Crippen LogP contribution in [0.3, 0.4) is 0 Å². The predicted molar refractivity (Wildman–Crippen MR) is 99.2 cm³/mol. The van der Waals surface area contributed by atoms with E-state index in [-0.39, 0.29) is 11.5 Å². The highest BCUT2D eigenvalue weighted by molar-refractivity contribution is 5.80. The smallest absolute Gasteiger partial charge is 0.193 e. The predicted octanol–water partition coefficient (Wildman–Crippen LogP) is 4.57. The van der Waals surface area contributed by atoms with Crippen LogP contribution in [0.15, 0.2) is 57.7 Å². The SMILES string of the molecule is Cc1ccc(-c2cc(=O)c3cc(OCCOC(C)C)ccc3o2)cc1. The largest absolute Gasteiger partial charge is 0.491 e. The number of aryl methyl sites for hydroxylation is 1. The van der Waals surface area contributed by atoms with Gasteiger partial charge in [-0.2, -0.15) is 0 Å². The van der Waals surface area contributed by atoms with E-state index < -0.39 is 0 Å². The third kappa shape index (κ3) is 4.28. The molecule has 0 aliphatic carbocycles. The lowest BCUT2D eigenvalue weighted by Crippen LogP contribution is -2.11. The zero-order chi connectivity index (χ0) is 17.8. The summed E-state index contributed by atoms with van der Waals surface area (Å²) < 4.78 is 17.0. The molecular formula is C21H22O4. The van der Waals surface area contributed by atoms with Crippen molar-refractivity contribution in [2.24, 2.45) is 0 Å². The van der Waals surface area contributed by atoms with Gasteiger partial charge in [0.1, 0.15) is 23.7 Å². The van der Waals surface area contributed by atoms with Gasteiger partial charge in [-0.1, -0.05) is 29.8 Å². The molecule has 3 aromatic rings. The van der Waals surface area contributed by atoms with Crippen molar-refractivity contribution in [2.45, 2.75) is 26.9 Å². The molecular weight excluding hydrogens is 316 g/mol. The maximum Gasteiger partial charge on any atom is 0.193 e. The van der Waals surface area contributed by atoms with E-state index in [0.29, 0.717) is 35.7 Å². The van der Waals surface area contributed by atoms with E-state index in [1.165, 1.54) is 6.07 Å². The molecule has 1 aromatic heterocycles. The molecule has 1 heterocycles. The van der Waals surface area contributed by atoms with Gasteiger partial charge in [0, 0.05) is 11.6 Å². The van der Waals surface area contributed by atoms with Crippen molar-refractivity contribution in [1.82, 2.24) is 0 Å². The van der Waals surface area contributed by atoms with Gasteiger partial charge in [0.05, 0.1) is 18.1 Å².